The van der Waals surface area contributed by atoms with Crippen molar-refractivity contribution in [2.24, 2.45) is 17.4 Å². The van der Waals surface area contributed by atoms with Gasteiger partial charge in [0.05, 0.1) is 16.3 Å². The third-order valence-corrected chi connectivity index (χ3v) is 5.21. The summed E-state index contributed by atoms with van der Waals surface area (Å²) in [6.45, 7) is 3.38. The number of nitrogens with two attached hydrogens (primary N) is 2. The molecule has 1 amide bonds. The summed E-state index contributed by atoms with van der Waals surface area (Å²) in [5.41, 5.74) is 11.4. The van der Waals surface area contributed by atoms with Gasteiger partial charge >= 0.3 is 0 Å². The van der Waals surface area contributed by atoms with E-state index in [0.717, 1.165) is 22.1 Å². The number of primary amides is 1. The molecule has 2 heterocycles. The van der Waals surface area contributed by atoms with E-state index in [9.17, 15) is 4.79 Å². The normalized spacial score (nSPS) is 26.3. The highest BCUT2D eigenvalue weighted by atomic mass is 35.5. The first kappa shape index (κ1) is 14.8. The summed E-state index contributed by atoms with van der Waals surface area (Å²) in [6, 6.07) is 4.44. The maximum atomic E-state index is 11.4. The predicted octanol–water partition coefficient (Wildman–Crippen LogP) is 1.99. The topological polar surface area (TPSA) is 72.4 Å². The van der Waals surface area contributed by atoms with Gasteiger partial charge in [0, 0.05) is 24.0 Å². The number of nitrogens with zero attached hydrogens (tertiary/aromatic N) is 1. The summed E-state index contributed by atoms with van der Waals surface area (Å²) in [7, 11) is 0. The number of rotatable bonds is 4. The third-order valence-electron chi connectivity index (χ3n) is 3.88. The van der Waals surface area contributed by atoms with Crippen LogP contribution < -0.4 is 11.5 Å². The lowest BCUT2D eigenvalue weighted by Crippen LogP contribution is -2.48. The molecule has 0 saturated carbocycles. The Morgan fingerprint density at radius 1 is 1.58 bits per heavy atom. The van der Waals surface area contributed by atoms with Crippen molar-refractivity contribution in [2.75, 3.05) is 13.1 Å². The molecule has 2 rings (SSSR count). The van der Waals surface area contributed by atoms with Gasteiger partial charge in [-0.1, -0.05) is 11.6 Å². The first-order valence-electron chi connectivity index (χ1n) is 6.53. The maximum Gasteiger partial charge on any atom is 0.221 e. The van der Waals surface area contributed by atoms with Gasteiger partial charge in [-0.2, -0.15) is 0 Å². The molecule has 4 N–H and O–H groups in total. The van der Waals surface area contributed by atoms with E-state index in [1.807, 2.05) is 12.1 Å². The summed E-state index contributed by atoms with van der Waals surface area (Å²) < 4.78 is 0.768. The Morgan fingerprint density at radius 2 is 2.32 bits per heavy atom. The molecule has 4 nitrogen and oxygen atoms in total. The number of piperidine rings is 1. The molecular formula is C13H20ClN3OS. The van der Waals surface area contributed by atoms with Crippen LogP contribution >= 0.6 is 22.9 Å². The second-order valence-corrected chi connectivity index (χ2v) is 6.86. The Balaban J connectivity index is 2.18. The summed E-state index contributed by atoms with van der Waals surface area (Å²) in [5.74, 6) is -0.280. The van der Waals surface area contributed by atoms with Gasteiger partial charge < -0.3 is 11.5 Å². The molecule has 1 aromatic rings. The molecule has 0 aromatic carbocycles. The van der Waals surface area contributed by atoms with Crippen LogP contribution in [0, 0.1) is 5.92 Å². The van der Waals surface area contributed by atoms with Gasteiger partial charge in [0.25, 0.3) is 0 Å². The molecule has 1 aromatic heterocycles. The SMILES string of the molecule is CC1CCC(C(N)=O)CN1C(CN)c1ccc(Cl)s1. The average Bonchev–Trinajstić information content (AvgIpc) is 2.79. The largest absolute Gasteiger partial charge is 0.369 e. The Bertz CT molecular complexity index is 451. The molecule has 19 heavy (non-hydrogen) atoms. The van der Waals surface area contributed by atoms with E-state index in [4.69, 9.17) is 23.1 Å². The summed E-state index contributed by atoms with van der Waals surface area (Å²) >= 11 is 7.55. The van der Waals surface area contributed by atoms with Crippen LogP contribution in [0.2, 0.25) is 4.34 Å². The third kappa shape index (κ3) is 3.28. The fourth-order valence-electron chi connectivity index (χ4n) is 2.72. The zero-order valence-electron chi connectivity index (χ0n) is 11.0. The number of hydrogen-bond acceptors (Lipinski definition) is 4. The minimum atomic E-state index is -0.211. The molecule has 1 aliphatic rings. The van der Waals surface area contributed by atoms with Crippen molar-refractivity contribution < 1.29 is 4.79 Å². The molecule has 6 heteroatoms. The van der Waals surface area contributed by atoms with Crippen LogP contribution in [-0.2, 0) is 4.79 Å². The molecule has 106 valence electrons. The molecule has 1 fully saturated rings. The summed E-state index contributed by atoms with van der Waals surface area (Å²) in [6.07, 6.45) is 1.85. The predicted molar refractivity (Wildman–Crippen MR) is 79.2 cm³/mol. The van der Waals surface area contributed by atoms with Gasteiger partial charge in [-0.25, -0.2) is 0 Å². The van der Waals surface area contributed by atoms with Crippen LogP contribution in [0.15, 0.2) is 12.1 Å². The number of amides is 1. The van der Waals surface area contributed by atoms with Crippen LogP contribution in [0.25, 0.3) is 0 Å². The Hall–Kier alpha value is -0.620. The zero-order chi connectivity index (χ0) is 14.0. The van der Waals surface area contributed by atoms with Crippen molar-refractivity contribution in [3.8, 4) is 0 Å². The van der Waals surface area contributed by atoms with Crippen LogP contribution in [0.4, 0.5) is 0 Å². The van der Waals surface area contributed by atoms with E-state index in [0.29, 0.717) is 19.1 Å². The highest BCUT2D eigenvalue weighted by Gasteiger charge is 2.33. The number of carbonyl (C=O) groups excluding carboxylic acids is 1. The van der Waals surface area contributed by atoms with Gasteiger partial charge in [-0.3, -0.25) is 9.69 Å². The lowest BCUT2D eigenvalue weighted by Gasteiger charge is -2.41. The number of hydrogen-bond donors (Lipinski definition) is 2. The highest BCUT2D eigenvalue weighted by Crippen LogP contribution is 2.34. The minimum absolute atomic E-state index is 0.0688. The van der Waals surface area contributed by atoms with Crippen molar-refractivity contribution in [1.82, 2.24) is 4.90 Å². The standard InChI is InChI=1S/C13H20ClN3OS/c1-8-2-3-9(13(16)18)7-17(8)10(6-15)11-4-5-12(14)19-11/h4-5,8-10H,2-3,6-7,15H2,1H3,(H2,16,18). The zero-order valence-corrected chi connectivity index (χ0v) is 12.6. The Kier molecular flexibility index (Phi) is 4.84. The summed E-state index contributed by atoms with van der Waals surface area (Å²) in [4.78, 5) is 14.9. The molecule has 0 radical (unpaired) electrons. The average molecular weight is 302 g/mol. The molecule has 0 aliphatic carbocycles. The second-order valence-electron chi connectivity index (χ2n) is 5.12. The Labute approximate surface area is 122 Å². The second kappa shape index (κ2) is 6.22. The van der Waals surface area contributed by atoms with Crippen LogP contribution in [0.3, 0.4) is 0 Å². The number of halogens is 1. The van der Waals surface area contributed by atoms with Crippen LogP contribution in [-0.4, -0.2) is 29.9 Å². The monoisotopic (exact) mass is 301 g/mol. The quantitative estimate of drug-likeness (QED) is 0.893. The van der Waals surface area contributed by atoms with Gasteiger partial charge in [-0.05, 0) is 31.9 Å². The van der Waals surface area contributed by atoms with Crippen molar-refractivity contribution >= 4 is 28.8 Å². The van der Waals surface area contributed by atoms with E-state index < -0.39 is 0 Å². The van der Waals surface area contributed by atoms with Crippen molar-refractivity contribution in [2.45, 2.75) is 31.8 Å². The number of likely N-dealkylation sites (tertiary alicyclic amines) is 1. The van der Waals surface area contributed by atoms with Crippen LogP contribution in [0.5, 0.6) is 0 Å². The molecular weight excluding hydrogens is 282 g/mol. The minimum Gasteiger partial charge on any atom is -0.369 e. The molecule has 0 spiro atoms. The first-order valence-corrected chi connectivity index (χ1v) is 7.72. The van der Waals surface area contributed by atoms with Crippen LogP contribution in [0.1, 0.15) is 30.7 Å². The van der Waals surface area contributed by atoms with E-state index in [1.54, 1.807) is 11.3 Å². The van der Waals surface area contributed by atoms with Gasteiger partial charge in [-0.15, -0.1) is 11.3 Å². The highest BCUT2D eigenvalue weighted by molar-refractivity contribution is 7.16. The fraction of sp³-hybridized carbons (Fsp3) is 0.615. The molecule has 1 aliphatic heterocycles. The number of carbonyl (C=O) groups is 1. The lowest BCUT2D eigenvalue weighted by molar-refractivity contribution is -0.124. The molecule has 1 saturated heterocycles. The molecule has 3 unspecified atom stereocenters. The van der Waals surface area contributed by atoms with E-state index in [-0.39, 0.29) is 17.9 Å². The maximum absolute atomic E-state index is 11.4. The van der Waals surface area contributed by atoms with Crippen molar-refractivity contribution in [1.29, 1.82) is 0 Å². The first-order chi connectivity index (χ1) is 9.02. The van der Waals surface area contributed by atoms with Gasteiger partial charge in [0.1, 0.15) is 0 Å². The van der Waals surface area contributed by atoms with E-state index >= 15 is 0 Å². The van der Waals surface area contributed by atoms with E-state index in [2.05, 4.69) is 11.8 Å². The smallest absolute Gasteiger partial charge is 0.221 e. The molecule has 3 atom stereocenters. The molecule has 0 bridgehead atoms. The number of thiophene rings is 1. The van der Waals surface area contributed by atoms with Gasteiger partial charge in [0.15, 0.2) is 0 Å². The van der Waals surface area contributed by atoms with Crippen molar-refractivity contribution in [3.63, 3.8) is 0 Å². The van der Waals surface area contributed by atoms with E-state index in [1.165, 1.54) is 0 Å². The Morgan fingerprint density at radius 3 is 2.84 bits per heavy atom. The summed E-state index contributed by atoms with van der Waals surface area (Å²) in [5, 5.41) is 0. The lowest BCUT2D eigenvalue weighted by atomic mass is 9.91. The van der Waals surface area contributed by atoms with Gasteiger partial charge in [0.2, 0.25) is 5.91 Å². The van der Waals surface area contributed by atoms with Crippen molar-refractivity contribution in [3.05, 3.63) is 21.3 Å². The fourth-order valence-corrected chi connectivity index (χ4v) is 3.92.